The Morgan fingerprint density at radius 2 is 1.50 bits per heavy atom. The fraction of sp³-hybridized carbons (Fsp3) is 0.125. The molecule has 0 radical (unpaired) electrons. The molecule has 0 atom stereocenters. The lowest BCUT2D eigenvalue weighted by atomic mass is 10.2. The van der Waals surface area contributed by atoms with E-state index in [1.54, 1.807) is 36.4 Å². The maximum Gasteiger partial charge on any atom is 0.323 e. The van der Waals surface area contributed by atoms with Crippen LogP contribution in [0.25, 0.3) is 0 Å². The number of hydrogen-bond acceptors (Lipinski definition) is 2. The van der Waals surface area contributed by atoms with Crippen LogP contribution in [0.5, 0.6) is 0 Å². The van der Waals surface area contributed by atoms with Crippen LogP contribution in [0.4, 0.5) is 21.9 Å². The van der Waals surface area contributed by atoms with Crippen molar-refractivity contribution in [3.8, 4) is 0 Å². The van der Waals surface area contributed by atoms with Crippen molar-refractivity contribution < 1.29 is 9.59 Å². The summed E-state index contributed by atoms with van der Waals surface area (Å²) >= 11 is 5.91. The highest BCUT2D eigenvalue weighted by Gasteiger charge is 2.06. The molecule has 0 aliphatic rings. The Morgan fingerprint density at radius 1 is 0.909 bits per heavy atom. The first kappa shape index (κ1) is 15.9. The summed E-state index contributed by atoms with van der Waals surface area (Å²) in [6, 6.07) is 11.8. The highest BCUT2D eigenvalue weighted by molar-refractivity contribution is 6.31. The molecule has 0 unspecified atom stereocenters. The largest absolute Gasteiger partial charge is 0.326 e. The van der Waals surface area contributed by atoms with Crippen molar-refractivity contribution in [2.75, 3.05) is 16.0 Å². The third-order valence-corrected chi connectivity index (χ3v) is 3.15. The number of aryl methyl sites for hydroxylation is 1. The van der Waals surface area contributed by atoms with Crippen molar-refractivity contribution in [3.63, 3.8) is 0 Å². The normalized spacial score (nSPS) is 9.95. The summed E-state index contributed by atoms with van der Waals surface area (Å²) in [5.41, 5.74) is 2.86. The monoisotopic (exact) mass is 317 g/mol. The van der Waals surface area contributed by atoms with Crippen LogP contribution in [-0.4, -0.2) is 11.9 Å². The number of rotatable bonds is 3. The molecular formula is C16H16ClN3O2. The number of anilines is 3. The molecule has 0 heterocycles. The minimum absolute atomic E-state index is 0.144. The maximum atomic E-state index is 12.0. The van der Waals surface area contributed by atoms with Gasteiger partial charge >= 0.3 is 6.03 Å². The number of nitrogens with one attached hydrogen (secondary N) is 3. The van der Waals surface area contributed by atoms with Crippen LogP contribution >= 0.6 is 11.6 Å². The lowest BCUT2D eigenvalue weighted by Crippen LogP contribution is -2.20. The standard InChI is InChI=1S/C16H16ClN3O2/c1-10-3-4-12(17)9-15(10)20-16(22)19-14-7-5-13(6-8-14)18-11(2)21/h3-9H,1-2H3,(H,18,21)(H2,19,20,22). The zero-order chi connectivity index (χ0) is 16.1. The van der Waals surface area contributed by atoms with Crippen molar-refractivity contribution in [3.05, 3.63) is 53.1 Å². The van der Waals surface area contributed by atoms with Gasteiger partial charge in [-0.05, 0) is 48.9 Å². The van der Waals surface area contributed by atoms with Gasteiger partial charge in [0.2, 0.25) is 5.91 Å². The van der Waals surface area contributed by atoms with E-state index < -0.39 is 0 Å². The summed E-state index contributed by atoms with van der Waals surface area (Å²) in [5.74, 6) is -0.144. The summed E-state index contributed by atoms with van der Waals surface area (Å²) in [7, 11) is 0. The van der Waals surface area contributed by atoms with E-state index in [-0.39, 0.29) is 11.9 Å². The number of carbonyl (C=O) groups excluding carboxylic acids is 2. The number of hydrogen-bond donors (Lipinski definition) is 3. The topological polar surface area (TPSA) is 70.2 Å². The molecule has 0 aliphatic carbocycles. The number of benzene rings is 2. The number of halogens is 1. The van der Waals surface area contributed by atoms with E-state index in [2.05, 4.69) is 16.0 Å². The predicted octanol–water partition coefficient (Wildman–Crippen LogP) is 4.25. The van der Waals surface area contributed by atoms with Crippen molar-refractivity contribution in [2.24, 2.45) is 0 Å². The second kappa shape index (κ2) is 6.95. The van der Waals surface area contributed by atoms with Crippen molar-refractivity contribution in [1.82, 2.24) is 0 Å². The van der Waals surface area contributed by atoms with Crippen LogP contribution in [0.2, 0.25) is 5.02 Å². The Morgan fingerprint density at radius 3 is 2.09 bits per heavy atom. The molecule has 2 aromatic rings. The molecule has 2 aromatic carbocycles. The van der Waals surface area contributed by atoms with E-state index >= 15 is 0 Å². The van der Waals surface area contributed by atoms with E-state index in [1.165, 1.54) is 6.92 Å². The molecule has 0 aliphatic heterocycles. The van der Waals surface area contributed by atoms with Crippen LogP contribution < -0.4 is 16.0 Å². The summed E-state index contributed by atoms with van der Waals surface area (Å²) in [6.07, 6.45) is 0. The quantitative estimate of drug-likeness (QED) is 0.792. The molecule has 22 heavy (non-hydrogen) atoms. The summed E-state index contributed by atoms with van der Waals surface area (Å²) in [6.45, 7) is 3.32. The Kier molecular flexibility index (Phi) is 5.01. The van der Waals surface area contributed by atoms with Crippen LogP contribution in [0.3, 0.4) is 0 Å². The van der Waals surface area contributed by atoms with Crippen LogP contribution in [0.15, 0.2) is 42.5 Å². The van der Waals surface area contributed by atoms with Crippen molar-refractivity contribution in [1.29, 1.82) is 0 Å². The second-order valence-electron chi connectivity index (χ2n) is 4.80. The summed E-state index contributed by atoms with van der Waals surface area (Å²) in [4.78, 5) is 22.9. The first-order chi connectivity index (χ1) is 10.4. The van der Waals surface area contributed by atoms with Gasteiger partial charge < -0.3 is 16.0 Å². The third kappa shape index (κ3) is 4.49. The molecular weight excluding hydrogens is 302 g/mol. The highest BCUT2D eigenvalue weighted by atomic mass is 35.5. The van der Waals surface area contributed by atoms with E-state index in [0.717, 1.165) is 5.56 Å². The Bertz CT molecular complexity index is 699. The molecule has 0 aromatic heterocycles. The predicted molar refractivity (Wildman–Crippen MR) is 89.6 cm³/mol. The van der Waals surface area contributed by atoms with Gasteiger partial charge in [0, 0.05) is 29.0 Å². The zero-order valence-electron chi connectivity index (χ0n) is 12.2. The fourth-order valence-electron chi connectivity index (χ4n) is 1.85. The van der Waals surface area contributed by atoms with Gasteiger partial charge in [0.15, 0.2) is 0 Å². The lowest BCUT2D eigenvalue weighted by molar-refractivity contribution is -0.114. The number of urea groups is 1. The second-order valence-corrected chi connectivity index (χ2v) is 5.23. The van der Waals surface area contributed by atoms with Gasteiger partial charge in [-0.2, -0.15) is 0 Å². The molecule has 114 valence electrons. The van der Waals surface area contributed by atoms with Gasteiger partial charge in [0.25, 0.3) is 0 Å². The van der Waals surface area contributed by atoms with Gasteiger partial charge in [0.1, 0.15) is 0 Å². The molecule has 0 bridgehead atoms. The molecule has 5 nitrogen and oxygen atoms in total. The van der Waals surface area contributed by atoms with E-state index in [0.29, 0.717) is 22.1 Å². The molecule has 0 saturated heterocycles. The fourth-order valence-corrected chi connectivity index (χ4v) is 2.03. The molecule has 6 heteroatoms. The Hall–Kier alpha value is -2.53. The van der Waals surface area contributed by atoms with Gasteiger partial charge in [0.05, 0.1) is 0 Å². The minimum Gasteiger partial charge on any atom is -0.326 e. The highest BCUT2D eigenvalue weighted by Crippen LogP contribution is 2.20. The third-order valence-electron chi connectivity index (χ3n) is 2.91. The Labute approximate surface area is 133 Å². The van der Waals surface area contributed by atoms with E-state index in [9.17, 15) is 9.59 Å². The summed E-state index contributed by atoms with van der Waals surface area (Å²) in [5, 5.41) is 8.67. The summed E-state index contributed by atoms with van der Waals surface area (Å²) < 4.78 is 0. The van der Waals surface area contributed by atoms with Gasteiger partial charge in [-0.15, -0.1) is 0 Å². The van der Waals surface area contributed by atoms with E-state index in [4.69, 9.17) is 11.6 Å². The maximum absolute atomic E-state index is 12.0. The molecule has 3 amide bonds. The first-order valence-corrected chi connectivity index (χ1v) is 7.03. The smallest absolute Gasteiger partial charge is 0.323 e. The Balaban J connectivity index is 1.99. The van der Waals surface area contributed by atoms with Crippen LogP contribution in [0, 0.1) is 6.92 Å². The van der Waals surface area contributed by atoms with Crippen LogP contribution in [-0.2, 0) is 4.79 Å². The SMILES string of the molecule is CC(=O)Nc1ccc(NC(=O)Nc2cc(Cl)ccc2C)cc1. The number of amides is 3. The molecule has 0 saturated carbocycles. The number of carbonyl (C=O) groups is 2. The lowest BCUT2D eigenvalue weighted by Gasteiger charge is -2.11. The van der Waals surface area contributed by atoms with Crippen LogP contribution in [0.1, 0.15) is 12.5 Å². The molecule has 3 N–H and O–H groups in total. The average molecular weight is 318 g/mol. The molecule has 0 spiro atoms. The van der Waals surface area contributed by atoms with Gasteiger partial charge in [-0.25, -0.2) is 4.79 Å². The van der Waals surface area contributed by atoms with Crippen molar-refractivity contribution >= 4 is 40.6 Å². The minimum atomic E-state index is -0.363. The average Bonchev–Trinajstić information content (AvgIpc) is 2.44. The first-order valence-electron chi connectivity index (χ1n) is 6.66. The van der Waals surface area contributed by atoms with E-state index in [1.807, 2.05) is 13.0 Å². The van der Waals surface area contributed by atoms with Crippen molar-refractivity contribution in [2.45, 2.75) is 13.8 Å². The van der Waals surface area contributed by atoms with Gasteiger partial charge in [-0.1, -0.05) is 17.7 Å². The van der Waals surface area contributed by atoms with Gasteiger partial charge in [-0.3, -0.25) is 4.79 Å². The molecule has 0 fully saturated rings. The zero-order valence-corrected chi connectivity index (χ0v) is 13.0. The molecule has 2 rings (SSSR count).